The molecule has 0 aliphatic carbocycles. The van der Waals surface area contributed by atoms with Crippen molar-refractivity contribution in [3.05, 3.63) is 109 Å². The Morgan fingerprint density at radius 1 is 0.905 bits per heavy atom. The number of anilines is 1. The number of hydrogen-bond acceptors (Lipinski definition) is 8. The van der Waals surface area contributed by atoms with Gasteiger partial charge in [-0.2, -0.15) is 5.10 Å². The molecule has 11 nitrogen and oxygen atoms in total. The molecule has 1 heterocycles. The van der Waals surface area contributed by atoms with Crippen molar-refractivity contribution in [2.75, 3.05) is 24.1 Å². The molecule has 0 fully saturated rings. The minimum Gasteiger partial charge on any atom is -0.492 e. The first-order valence-electron chi connectivity index (χ1n) is 13.0. The molecule has 0 aliphatic rings. The van der Waals surface area contributed by atoms with Crippen LogP contribution in [-0.4, -0.2) is 46.2 Å². The molecule has 2 amide bonds. The Morgan fingerprint density at radius 3 is 2.36 bits per heavy atom. The molecule has 0 spiro atoms. The topological polar surface area (TPSA) is 140 Å². The number of hydrazone groups is 1. The molecule has 0 saturated carbocycles. The predicted octanol–water partition coefficient (Wildman–Crippen LogP) is 3.72. The van der Waals surface area contributed by atoms with Crippen molar-refractivity contribution < 1.29 is 31.9 Å². The van der Waals surface area contributed by atoms with Gasteiger partial charge in [-0.15, -0.1) is 0 Å². The van der Waals surface area contributed by atoms with Gasteiger partial charge in [-0.1, -0.05) is 30.3 Å². The van der Waals surface area contributed by atoms with Crippen LogP contribution in [0.5, 0.6) is 11.5 Å². The molecular weight excluding hydrogens is 560 g/mol. The summed E-state index contributed by atoms with van der Waals surface area (Å²) in [5, 5.41) is 6.65. The molecule has 4 rings (SSSR count). The van der Waals surface area contributed by atoms with Crippen molar-refractivity contribution in [3.63, 3.8) is 0 Å². The first kappa shape index (κ1) is 29.9. The van der Waals surface area contributed by atoms with Gasteiger partial charge in [0.15, 0.2) is 6.61 Å². The number of para-hydroxylation sites is 2. The SMILES string of the molecule is CCOc1ccccc1N(CC(=O)N/N=C\c1ccc(OCC(=O)NCc2ccco2)cc1)S(=O)(=O)c1ccccc1. The highest BCUT2D eigenvalue weighted by Crippen LogP contribution is 2.32. The average Bonchev–Trinajstić information content (AvgIpc) is 3.53. The van der Waals surface area contributed by atoms with Crippen LogP contribution in [0.1, 0.15) is 18.2 Å². The summed E-state index contributed by atoms with van der Waals surface area (Å²) in [6.45, 7) is 1.67. The van der Waals surface area contributed by atoms with Crippen molar-refractivity contribution in [2.24, 2.45) is 5.10 Å². The molecule has 4 aromatic rings. The van der Waals surface area contributed by atoms with Crippen LogP contribution < -0.4 is 24.5 Å². The van der Waals surface area contributed by atoms with Crippen molar-refractivity contribution >= 4 is 33.7 Å². The summed E-state index contributed by atoms with van der Waals surface area (Å²) in [5.41, 5.74) is 3.25. The van der Waals surface area contributed by atoms with Gasteiger partial charge in [0.05, 0.1) is 36.2 Å². The van der Waals surface area contributed by atoms with Crippen LogP contribution in [-0.2, 0) is 26.2 Å². The molecule has 1 aromatic heterocycles. The third-order valence-corrected chi connectivity index (χ3v) is 7.52. The summed E-state index contributed by atoms with van der Waals surface area (Å²) in [6, 6.07) is 24.6. The molecule has 0 bridgehead atoms. The van der Waals surface area contributed by atoms with E-state index in [9.17, 15) is 18.0 Å². The number of rotatable bonds is 14. The molecule has 0 saturated heterocycles. The van der Waals surface area contributed by atoms with Gasteiger partial charge in [-0.3, -0.25) is 13.9 Å². The van der Waals surface area contributed by atoms with E-state index in [1.165, 1.54) is 24.6 Å². The van der Waals surface area contributed by atoms with Gasteiger partial charge in [0.1, 0.15) is 23.8 Å². The van der Waals surface area contributed by atoms with Crippen molar-refractivity contribution in [1.29, 1.82) is 0 Å². The summed E-state index contributed by atoms with van der Waals surface area (Å²) in [7, 11) is -4.11. The highest BCUT2D eigenvalue weighted by atomic mass is 32.2. The van der Waals surface area contributed by atoms with E-state index < -0.39 is 22.5 Å². The molecule has 0 unspecified atom stereocenters. The Morgan fingerprint density at radius 2 is 1.64 bits per heavy atom. The van der Waals surface area contributed by atoms with Gasteiger partial charge in [-0.05, 0) is 73.2 Å². The van der Waals surface area contributed by atoms with Crippen LogP contribution in [0.3, 0.4) is 0 Å². The maximum atomic E-state index is 13.5. The van der Waals surface area contributed by atoms with E-state index in [1.54, 1.807) is 85.8 Å². The fraction of sp³-hybridized carbons (Fsp3) is 0.167. The zero-order valence-electron chi connectivity index (χ0n) is 22.8. The first-order chi connectivity index (χ1) is 20.4. The first-order valence-corrected chi connectivity index (χ1v) is 14.4. The van der Waals surface area contributed by atoms with Crippen LogP contribution in [0.4, 0.5) is 5.69 Å². The molecule has 0 radical (unpaired) electrons. The zero-order chi connectivity index (χ0) is 29.8. The number of furan rings is 1. The Kier molecular flexibility index (Phi) is 10.3. The fourth-order valence-electron chi connectivity index (χ4n) is 3.75. The van der Waals surface area contributed by atoms with Gasteiger partial charge in [-0.25, -0.2) is 13.8 Å². The van der Waals surface area contributed by atoms with E-state index in [0.717, 1.165) is 4.31 Å². The lowest BCUT2D eigenvalue weighted by Gasteiger charge is -2.25. The summed E-state index contributed by atoms with van der Waals surface area (Å²) < 4.78 is 44.4. The third-order valence-electron chi connectivity index (χ3n) is 5.74. The number of amides is 2. The molecule has 42 heavy (non-hydrogen) atoms. The predicted molar refractivity (Wildman–Crippen MR) is 157 cm³/mol. The molecule has 2 N–H and O–H groups in total. The van der Waals surface area contributed by atoms with E-state index in [1.807, 2.05) is 0 Å². The number of ether oxygens (including phenoxy) is 2. The molecule has 3 aromatic carbocycles. The van der Waals surface area contributed by atoms with E-state index >= 15 is 0 Å². The van der Waals surface area contributed by atoms with Gasteiger partial charge in [0.2, 0.25) is 0 Å². The lowest BCUT2D eigenvalue weighted by molar-refractivity contribution is -0.123. The standard InChI is InChI=1S/C30H30N4O7S/c1-2-39-28-13-7-6-12-27(28)34(42(37,38)26-10-4-3-5-11-26)21-29(35)33-32-19-23-14-16-24(17-15-23)41-22-30(36)31-20-25-9-8-18-40-25/h3-19H,2,20-22H2,1H3,(H,31,36)(H,33,35)/b32-19-. The normalized spacial score (nSPS) is 11.2. The highest BCUT2D eigenvalue weighted by Gasteiger charge is 2.29. The average molecular weight is 591 g/mol. The lowest BCUT2D eigenvalue weighted by Crippen LogP contribution is -2.39. The minimum absolute atomic E-state index is 0.0323. The quantitative estimate of drug-likeness (QED) is 0.169. The van der Waals surface area contributed by atoms with Crippen molar-refractivity contribution in [1.82, 2.24) is 10.7 Å². The number of sulfonamides is 1. The van der Waals surface area contributed by atoms with E-state index in [2.05, 4.69) is 15.8 Å². The second-order valence-corrected chi connectivity index (χ2v) is 10.6. The van der Waals surface area contributed by atoms with Gasteiger partial charge < -0.3 is 19.2 Å². The molecule has 218 valence electrons. The van der Waals surface area contributed by atoms with Crippen LogP contribution >= 0.6 is 0 Å². The van der Waals surface area contributed by atoms with Crippen molar-refractivity contribution in [3.8, 4) is 11.5 Å². The number of nitrogens with one attached hydrogen (secondary N) is 2. The van der Waals surface area contributed by atoms with Crippen LogP contribution in [0.25, 0.3) is 0 Å². The van der Waals surface area contributed by atoms with Crippen LogP contribution in [0.2, 0.25) is 0 Å². The molecule has 0 atom stereocenters. The summed E-state index contributed by atoms with van der Waals surface area (Å²) >= 11 is 0. The summed E-state index contributed by atoms with van der Waals surface area (Å²) in [4.78, 5) is 24.8. The Bertz CT molecular complexity index is 1590. The zero-order valence-corrected chi connectivity index (χ0v) is 23.6. The maximum absolute atomic E-state index is 13.5. The fourth-order valence-corrected chi connectivity index (χ4v) is 5.21. The lowest BCUT2D eigenvalue weighted by atomic mass is 10.2. The highest BCUT2D eigenvalue weighted by molar-refractivity contribution is 7.92. The smallest absolute Gasteiger partial charge is 0.264 e. The summed E-state index contributed by atoms with van der Waals surface area (Å²) in [5.74, 6) is 0.483. The monoisotopic (exact) mass is 590 g/mol. The molecule has 12 heteroatoms. The second-order valence-electron chi connectivity index (χ2n) is 8.73. The number of nitrogens with zero attached hydrogens (tertiary/aromatic N) is 2. The number of carbonyl (C=O) groups is 2. The van der Waals surface area contributed by atoms with Crippen LogP contribution in [0.15, 0.2) is 112 Å². The molecule has 0 aliphatic heterocycles. The minimum atomic E-state index is -4.11. The van der Waals surface area contributed by atoms with E-state index in [0.29, 0.717) is 29.4 Å². The number of carbonyl (C=O) groups excluding carboxylic acids is 2. The summed E-state index contributed by atoms with van der Waals surface area (Å²) in [6.07, 6.45) is 2.94. The second kappa shape index (κ2) is 14.5. The maximum Gasteiger partial charge on any atom is 0.264 e. The largest absolute Gasteiger partial charge is 0.492 e. The van der Waals surface area contributed by atoms with Gasteiger partial charge in [0.25, 0.3) is 21.8 Å². The van der Waals surface area contributed by atoms with Gasteiger partial charge in [0, 0.05) is 0 Å². The van der Waals surface area contributed by atoms with Crippen molar-refractivity contribution in [2.45, 2.75) is 18.4 Å². The Balaban J connectivity index is 1.36. The third kappa shape index (κ3) is 8.21. The van der Waals surface area contributed by atoms with E-state index in [-0.39, 0.29) is 29.6 Å². The Labute approximate surface area is 243 Å². The van der Waals surface area contributed by atoms with Gasteiger partial charge >= 0.3 is 0 Å². The number of hydrogen-bond donors (Lipinski definition) is 2. The Hall–Kier alpha value is -5.10. The van der Waals surface area contributed by atoms with Crippen LogP contribution in [0, 0.1) is 0 Å². The molecular formula is C30H30N4O7S. The van der Waals surface area contributed by atoms with E-state index in [4.69, 9.17) is 13.9 Å². The number of benzene rings is 3.